The zero-order valence-corrected chi connectivity index (χ0v) is 25.5. The molecule has 12 heteroatoms. The fourth-order valence-corrected chi connectivity index (χ4v) is 5.54. The summed E-state index contributed by atoms with van der Waals surface area (Å²) in [6, 6.07) is 1.85. The predicted octanol–water partition coefficient (Wildman–Crippen LogP) is 4.08. The van der Waals surface area contributed by atoms with E-state index < -0.39 is 47.9 Å². The third kappa shape index (κ3) is 8.11. The molecular weight excluding hydrogens is 558 g/mol. The summed E-state index contributed by atoms with van der Waals surface area (Å²) in [7, 11) is 1.24. The molecule has 1 aromatic carbocycles. The summed E-state index contributed by atoms with van der Waals surface area (Å²) in [6.07, 6.45) is 3.52. The van der Waals surface area contributed by atoms with Crippen molar-refractivity contribution >= 4 is 24.1 Å². The molecule has 3 amide bonds. The number of alkyl carbamates (subject to hydrolysis) is 1. The molecule has 3 atom stereocenters. The van der Waals surface area contributed by atoms with Gasteiger partial charge in [0, 0.05) is 18.5 Å². The number of nitrogens with one attached hydrogen (secondary N) is 1. The highest BCUT2D eigenvalue weighted by Gasteiger charge is 2.45. The fraction of sp³-hybridized carbons (Fsp3) is 0.613. The van der Waals surface area contributed by atoms with Crippen molar-refractivity contribution in [3.63, 3.8) is 0 Å². The van der Waals surface area contributed by atoms with Crippen LogP contribution >= 0.6 is 0 Å². The van der Waals surface area contributed by atoms with Crippen LogP contribution in [0.3, 0.4) is 0 Å². The molecule has 1 aromatic rings. The Morgan fingerprint density at radius 2 is 1.88 bits per heavy atom. The number of fused-ring (bicyclic) bond motifs is 3. The average molecular weight is 602 g/mol. The Balaban J connectivity index is 1.43. The summed E-state index contributed by atoms with van der Waals surface area (Å²) < 4.78 is 27.7. The van der Waals surface area contributed by atoms with Gasteiger partial charge in [-0.1, -0.05) is 25.0 Å². The number of carbonyl (C=O) groups excluding carboxylic acids is 4. The van der Waals surface area contributed by atoms with Gasteiger partial charge >= 0.3 is 18.2 Å². The minimum Gasteiger partial charge on any atom is -0.486 e. The molecule has 0 unspecified atom stereocenters. The molecule has 3 aliphatic rings. The number of amides is 3. The maximum atomic E-state index is 13.8. The highest BCUT2D eigenvalue weighted by molar-refractivity contribution is 5.90. The van der Waals surface area contributed by atoms with E-state index in [1.54, 1.807) is 25.7 Å². The maximum absolute atomic E-state index is 13.8. The van der Waals surface area contributed by atoms with Gasteiger partial charge < -0.3 is 33.9 Å². The number of nitrogens with zero attached hydrogens (tertiary/aromatic N) is 2. The predicted molar refractivity (Wildman–Crippen MR) is 156 cm³/mol. The Labute approximate surface area is 252 Å². The van der Waals surface area contributed by atoms with Gasteiger partial charge in [-0.25, -0.2) is 14.4 Å². The summed E-state index contributed by atoms with van der Waals surface area (Å²) in [4.78, 5) is 55.3. The molecule has 3 heterocycles. The summed E-state index contributed by atoms with van der Waals surface area (Å²) >= 11 is 0. The number of rotatable bonds is 10. The van der Waals surface area contributed by atoms with Gasteiger partial charge in [-0.15, -0.1) is 6.58 Å². The normalized spacial score (nSPS) is 19.7. The Morgan fingerprint density at radius 1 is 1.12 bits per heavy atom. The number of unbranched alkanes of at least 4 members (excludes halogenated alkanes) is 3. The first kappa shape index (κ1) is 32.0. The van der Waals surface area contributed by atoms with Gasteiger partial charge in [0.15, 0.2) is 11.5 Å². The lowest BCUT2D eigenvalue weighted by atomic mass is 10.1. The third-order valence-corrected chi connectivity index (χ3v) is 7.55. The van der Waals surface area contributed by atoms with Crippen molar-refractivity contribution in [2.24, 2.45) is 0 Å². The van der Waals surface area contributed by atoms with Gasteiger partial charge in [0.2, 0.25) is 5.91 Å². The van der Waals surface area contributed by atoms with Crippen molar-refractivity contribution < 1.29 is 42.9 Å². The molecule has 43 heavy (non-hydrogen) atoms. The number of esters is 1. The van der Waals surface area contributed by atoms with Crippen LogP contribution < -0.4 is 14.8 Å². The zero-order chi connectivity index (χ0) is 31.1. The number of hydrogen-bond donors (Lipinski definition) is 1. The highest BCUT2D eigenvalue weighted by Crippen LogP contribution is 2.40. The molecule has 0 saturated carbocycles. The summed E-state index contributed by atoms with van der Waals surface area (Å²) in [6.45, 7) is 10.5. The average Bonchev–Trinajstić information content (AvgIpc) is 3.60. The van der Waals surface area contributed by atoms with Crippen LogP contribution in [-0.2, 0) is 36.9 Å². The first-order valence-electron chi connectivity index (χ1n) is 14.8. The third-order valence-electron chi connectivity index (χ3n) is 7.55. The molecule has 0 spiro atoms. The second kappa shape index (κ2) is 14.0. The number of allylic oxidation sites excluding steroid dienone is 1. The van der Waals surface area contributed by atoms with Crippen molar-refractivity contribution in [2.45, 2.75) is 96.2 Å². The molecule has 1 N–H and O–H groups in total. The van der Waals surface area contributed by atoms with Crippen molar-refractivity contribution in [2.75, 3.05) is 26.9 Å². The van der Waals surface area contributed by atoms with Gasteiger partial charge in [-0.2, -0.15) is 0 Å². The summed E-state index contributed by atoms with van der Waals surface area (Å²) in [5.41, 5.74) is 1.08. The van der Waals surface area contributed by atoms with Gasteiger partial charge in [0.25, 0.3) is 0 Å². The van der Waals surface area contributed by atoms with Crippen LogP contribution in [0.15, 0.2) is 24.8 Å². The van der Waals surface area contributed by atoms with E-state index in [2.05, 4.69) is 11.9 Å². The molecule has 0 bridgehead atoms. The van der Waals surface area contributed by atoms with Gasteiger partial charge in [-0.3, -0.25) is 9.69 Å². The van der Waals surface area contributed by atoms with E-state index in [-0.39, 0.29) is 13.0 Å². The molecule has 1 fully saturated rings. The minimum absolute atomic E-state index is 0.0135. The lowest BCUT2D eigenvalue weighted by Crippen LogP contribution is -2.52. The molecule has 4 rings (SSSR count). The first-order chi connectivity index (χ1) is 20.5. The van der Waals surface area contributed by atoms with Crippen molar-refractivity contribution in [3.8, 4) is 11.5 Å². The Hall–Kier alpha value is -3.96. The first-order valence-corrected chi connectivity index (χ1v) is 14.8. The Bertz CT molecular complexity index is 1210. The molecule has 1 saturated heterocycles. The zero-order valence-electron chi connectivity index (χ0n) is 25.5. The molecular formula is C31H43N3O9. The number of methoxy groups -OCH3 is 1. The number of likely N-dealkylation sites (tertiary alicyclic amines) is 1. The van der Waals surface area contributed by atoms with Crippen LogP contribution in [-0.4, -0.2) is 84.5 Å². The van der Waals surface area contributed by atoms with Gasteiger partial charge in [-0.05, 0) is 51.7 Å². The van der Waals surface area contributed by atoms with E-state index in [9.17, 15) is 19.2 Å². The molecule has 0 radical (unpaired) electrons. The minimum atomic E-state index is -0.965. The van der Waals surface area contributed by atoms with Crippen LogP contribution in [0, 0.1) is 0 Å². The molecule has 0 aromatic heterocycles. The lowest BCUT2D eigenvalue weighted by molar-refractivity contribution is -0.151. The highest BCUT2D eigenvalue weighted by atomic mass is 16.6. The van der Waals surface area contributed by atoms with Crippen molar-refractivity contribution in [1.29, 1.82) is 0 Å². The van der Waals surface area contributed by atoms with E-state index in [4.69, 9.17) is 23.7 Å². The number of hydrogen-bond acceptors (Lipinski definition) is 9. The van der Waals surface area contributed by atoms with Crippen molar-refractivity contribution in [1.82, 2.24) is 15.1 Å². The second-order valence-corrected chi connectivity index (χ2v) is 12.0. The fourth-order valence-electron chi connectivity index (χ4n) is 5.54. The van der Waals surface area contributed by atoms with E-state index in [1.165, 1.54) is 12.0 Å². The monoisotopic (exact) mass is 601 g/mol. The second-order valence-electron chi connectivity index (χ2n) is 12.0. The quantitative estimate of drug-likeness (QED) is 0.182. The molecule has 12 nitrogen and oxygen atoms in total. The maximum Gasteiger partial charge on any atom is 0.410 e. The molecule has 3 aliphatic heterocycles. The van der Waals surface area contributed by atoms with Gasteiger partial charge in [0.05, 0.1) is 20.2 Å². The van der Waals surface area contributed by atoms with Gasteiger partial charge in [0.1, 0.15) is 37.0 Å². The van der Waals surface area contributed by atoms with Crippen LogP contribution in [0.25, 0.3) is 0 Å². The summed E-state index contributed by atoms with van der Waals surface area (Å²) in [5.74, 6) is 0.226. The Morgan fingerprint density at radius 3 is 2.60 bits per heavy atom. The van der Waals surface area contributed by atoms with E-state index in [1.807, 2.05) is 18.2 Å². The number of carbonyl (C=O) groups is 4. The number of benzene rings is 1. The molecule has 236 valence electrons. The van der Waals surface area contributed by atoms with Crippen molar-refractivity contribution in [3.05, 3.63) is 35.9 Å². The smallest absolute Gasteiger partial charge is 0.410 e. The van der Waals surface area contributed by atoms with Crippen LogP contribution in [0.4, 0.5) is 9.59 Å². The standard InChI is InChI=1S/C31H43N3O9/c1-6-7-8-9-10-11-23(32-29(37)43-31(2,3)4)27(35)34-18-21(16-24(34)28(36)39-5)42-30(38)33-17-20-12-13-25-26(22(20)19-33)41-15-14-40-25/h6,12-13,21,23-24H,1,7-11,14-19H2,2-5H3,(H,32,37)/t21-,23+,24+/m1/s1. The summed E-state index contributed by atoms with van der Waals surface area (Å²) in [5, 5.41) is 2.69. The topological polar surface area (TPSA) is 133 Å². The van der Waals surface area contributed by atoms with E-state index >= 15 is 0 Å². The van der Waals surface area contributed by atoms with E-state index in [0.717, 1.165) is 30.4 Å². The van der Waals surface area contributed by atoms with Crippen LogP contribution in [0.2, 0.25) is 0 Å². The van der Waals surface area contributed by atoms with Crippen LogP contribution in [0.5, 0.6) is 11.5 Å². The number of ether oxygens (including phenoxy) is 5. The largest absolute Gasteiger partial charge is 0.486 e. The Kier molecular flexibility index (Phi) is 10.4. The lowest BCUT2D eigenvalue weighted by Gasteiger charge is -2.29. The van der Waals surface area contributed by atoms with E-state index in [0.29, 0.717) is 50.6 Å². The SMILES string of the molecule is C=CCCCCC[C@H](NC(=O)OC(C)(C)C)C(=O)N1C[C@H](OC(=O)N2Cc3ccc4c(c3C2)OCCO4)C[C@H]1C(=O)OC. The van der Waals surface area contributed by atoms with Crippen LogP contribution in [0.1, 0.15) is 70.4 Å². The molecule has 0 aliphatic carbocycles.